The fourth-order valence-corrected chi connectivity index (χ4v) is 0.129. The number of hydrogen-bond donors (Lipinski definition) is 0. The fourth-order valence-electron chi connectivity index (χ4n) is 0.129. The molecule has 2 nitrogen and oxygen atoms in total. The van der Waals surface area contributed by atoms with Gasteiger partial charge in [0.05, 0.1) is 0 Å². The van der Waals surface area contributed by atoms with Gasteiger partial charge in [-0.1, -0.05) is 13.8 Å². The van der Waals surface area contributed by atoms with E-state index in [4.69, 9.17) is 5.26 Å². The Morgan fingerprint density at radius 2 is 2.00 bits per heavy atom. The van der Waals surface area contributed by atoms with Crippen molar-refractivity contribution < 1.29 is 4.79 Å². The Balaban J connectivity index is 0. The van der Waals surface area contributed by atoms with Crippen LogP contribution in [0.2, 0.25) is 0 Å². The second-order valence-corrected chi connectivity index (χ2v) is 1.63. The van der Waals surface area contributed by atoms with Gasteiger partial charge in [-0.2, -0.15) is 5.26 Å². The van der Waals surface area contributed by atoms with Gasteiger partial charge in [-0.05, 0) is 0 Å². The second kappa shape index (κ2) is 5.30. The molecular formula is C5H8NNaO. The van der Waals surface area contributed by atoms with E-state index in [0.717, 1.165) is 0 Å². The average molecular weight is 121 g/mol. The third-order valence-electron chi connectivity index (χ3n) is 0.635. The van der Waals surface area contributed by atoms with Crippen molar-refractivity contribution in [3.8, 4) is 6.07 Å². The van der Waals surface area contributed by atoms with E-state index in [-0.39, 0.29) is 41.3 Å². The van der Waals surface area contributed by atoms with Gasteiger partial charge < -0.3 is 0 Å². The molecule has 0 heterocycles. The van der Waals surface area contributed by atoms with Crippen LogP contribution in [-0.2, 0) is 4.79 Å². The molecule has 0 saturated carbocycles. The minimum absolute atomic E-state index is 0. The Kier molecular flexibility index (Phi) is 7.30. The standard InChI is InChI=1S/C5H7NO.Na.H/c1-4(2)5(7)3-6;;/h4H,1-2H3;;. The van der Waals surface area contributed by atoms with Crippen LogP contribution in [0.5, 0.6) is 0 Å². The summed E-state index contributed by atoms with van der Waals surface area (Å²) in [7, 11) is 0. The van der Waals surface area contributed by atoms with Crippen LogP contribution in [0, 0.1) is 17.2 Å². The van der Waals surface area contributed by atoms with Crippen LogP contribution in [0.15, 0.2) is 0 Å². The molecule has 0 aliphatic carbocycles. The number of nitrogens with zero attached hydrogens (tertiary/aromatic N) is 1. The third-order valence-corrected chi connectivity index (χ3v) is 0.635. The van der Waals surface area contributed by atoms with Crippen LogP contribution >= 0.6 is 0 Å². The van der Waals surface area contributed by atoms with Crippen LogP contribution < -0.4 is 0 Å². The predicted octanol–water partition coefficient (Wildman–Crippen LogP) is 0.0866. The molecule has 0 aromatic rings. The van der Waals surface area contributed by atoms with Crippen LogP contribution in [0.3, 0.4) is 0 Å². The van der Waals surface area contributed by atoms with E-state index in [1.54, 1.807) is 13.8 Å². The number of Topliss-reactive ketones (excluding diaryl/α,β-unsaturated/α-hetero) is 1. The van der Waals surface area contributed by atoms with E-state index in [1.807, 2.05) is 0 Å². The zero-order valence-electron chi connectivity index (χ0n) is 4.43. The number of ketones is 1. The van der Waals surface area contributed by atoms with E-state index in [1.165, 1.54) is 6.07 Å². The number of hydrogen-bond acceptors (Lipinski definition) is 2. The Morgan fingerprint density at radius 3 is 2.00 bits per heavy atom. The van der Waals surface area contributed by atoms with E-state index in [2.05, 4.69) is 0 Å². The molecule has 0 atom stereocenters. The molecule has 0 amide bonds. The van der Waals surface area contributed by atoms with Crippen LogP contribution in [0.25, 0.3) is 0 Å². The first-order valence-electron chi connectivity index (χ1n) is 2.12. The second-order valence-electron chi connectivity index (χ2n) is 1.63. The summed E-state index contributed by atoms with van der Waals surface area (Å²) in [5.74, 6) is -0.481. The molecular weight excluding hydrogens is 113 g/mol. The third kappa shape index (κ3) is 4.32. The van der Waals surface area contributed by atoms with Crippen LogP contribution in [0.1, 0.15) is 13.8 Å². The molecule has 0 fully saturated rings. The summed E-state index contributed by atoms with van der Waals surface area (Å²) >= 11 is 0. The molecule has 0 aliphatic heterocycles. The van der Waals surface area contributed by atoms with Gasteiger partial charge in [0.1, 0.15) is 6.07 Å². The summed E-state index contributed by atoms with van der Waals surface area (Å²) in [6, 6.07) is 1.53. The fraction of sp³-hybridized carbons (Fsp3) is 0.600. The van der Waals surface area contributed by atoms with E-state index < -0.39 is 0 Å². The van der Waals surface area contributed by atoms with Gasteiger partial charge in [0, 0.05) is 5.92 Å². The molecule has 0 unspecified atom stereocenters. The van der Waals surface area contributed by atoms with Crippen molar-refractivity contribution in [1.82, 2.24) is 0 Å². The Morgan fingerprint density at radius 1 is 1.62 bits per heavy atom. The zero-order valence-corrected chi connectivity index (χ0v) is 4.43. The Bertz CT molecular complexity index is 114. The van der Waals surface area contributed by atoms with Crippen molar-refractivity contribution in [1.29, 1.82) is 5.26 Å². The molecule has 0 bridgehead atoms. The molecule has 40 valence electrons. The minimum atomic E-state index is -0.347. The normalized spacial score (nSPS) is 7.25. The van der Waals surface area contributed by atoms with Crippen molar-refractivity contribution in [2.75, 3.05) is 0 Å². The number of carbonyl (C=O) groups is 1. The van der Waals surface area contributed by atoms with E-state index in [0.29, 0.717) is 0 Å². The van der Waals surface area contributed by atoms with Crippen LogP contribution in [-0.4, -0.2) is 35.3 Å². The zero-order chi connectivity index (χ0) is 5.86. The monoisotopic (exact) mass is 121 g/mol. The summed E-state index contributed by atoms with van der Waals surface area (Å²) in [5.41, 5.74) is 0. The van der Waals surface area contributed by atoms with Crippen molar-refractivity contribution >= 4 is 35.3 Å². The van der Waals surface area contributed by atoms with Gasteiger partial charge in [-0.3, -0.25) is 4.79 Å². The first-order chi connectivity index (χ1) is 3.18. The molecule has 0 aliphatic rings. The molecule has 0 saturated heterocycles. The summed E-state index contributed by atoms with van der Waals surface area (Å²) in [5, 5.41) is 7.91. The van der Waals surface area contributed by atoms with Crippen molar-refractivity contribution in [3.63, 3.8) is 0 Å². The molecule has 3 heteroatoms. The van der Waals surface area contributed by atoms with Gasteiger partial charge in [-0.15, -0.1) is 0 Å². The number of rotatable bonds is 1. The maximum atomic E-state index is 10.2. The first kappa shape index (κ1) is 11.0. The van der Waals surface area contributed by atoms with Crippen molar-refractivity contribution in [2.24, 2.45) is 5.92 Å². The van der Waals surface area contributed by atoms with Gasteiger partial charge in [0.2, 0.25) is 5.78 Å². The number of nitriles is 1. The van der Waals surface area contributed by atoms with E-state index in [9.17, 15) is 4.79 Å². The Labute approximate surface area is 71.2 Å². The topological polar surface area (TPSA) is 40.9 Å². The van der Waals surface area contributed by atoms with Crippen molar-refractivity contribution in [2.45, 2.75) is 13.8 Å². The first-order valence-corrected chi connectivity index (χ1v) is 2.12. The summed E-state index contributed by atoms with van der Waals surface area (Å²) in [4.78, 5) is 10.2. The molecule has 0 aromatic carbocycles. The maximum absolute atomic E-state index is 10.2. The van der Waals surface area contributed by atoms with Crippen molar-refractivity contribution in [3.05, 3.63) is 0 Å². The quantitative estimate of drug-likeness (QED) is 0.364. The molecule has 0 N–H and O–H groups in total. The Hall–Kier alpha value is 0.160. The molecule has 0 rings (SSSR count). The summed E-state index contributed by atoms with van der Waals surface area (Å²) in [6.07, 6.45) is 0. The SMILES string of the molecule is CC(C)C(=O)C#N.[NaH]. The molecule has 0 radical (unpaired) electrons. The molecule has 0 aromatic heterocycles. The van der Waals surface area contributed by atoms with Crippen LogP contribution in [0.4, 0.5) is 0 Å². The average Bonchev–Trinajstić information content (AvgIpc) is 1.65. The van der Waals surface area contributed by atoms with E-state index >= 15 is 0 Å². The van der Waals surface area contributed by atoms with Gasteiger partial charge in [0.25, 0.3) is 0 Å². The predicted molar refractivity (Wildman–Crippen MR) is 32.6 cm³/mol. The van der Waals surface area contributed by atoms with Gasteiger partial charge >= 0.3 is 29.6 Å². The summed E-state index contributed by atoms with van der Waals surface area (Å²) < 4.78 is 0. The number of carbonyl (C=O) groups excluding carboxylic acids is 1. The molecule has 8 heavy (non-hydrogen) atoms. The van der Waals surface area contributed by atoms with Gasteiger partial charge in [0.15, 0.2) is 0 Å². The molecule has 0 spiro atoms. The van der Waals surface area contributed by atoms with Gasteiger partial charge in [-0.25, -0.2) is 0 Å². The summed E-state index contributed by atoms with van der Waals surface area (Å²) in [6.45, 7) is 3.40.